The number of hydrogen-bond donors (Lipinski definition) is 7. The Kier molecular flexibility index (Phi) is 44.4. The van der Waals surface area contributed by atoms with Crippen molar-refractivity contribution in [2.75, 3.05) is 33.0 Å². The van der Waals surface area contributed by atoms with Crippen molar-refractivity contribution in [3.63, 3.8) is 0 Å². The largest absolute Gasteiger partial charge is 0.457 e. The van der Waals surface area contributed by atoms with E-state index in [1.54, 1.807) is 0 Å². The van der Waals surface area contributed by atoms with Gasteiger partial charge in [-0.1, -0.05) is 195 Å². The standard InChI is InChI=1S/C63H106O14/c1-3-5-7-9-11-13-15-17-19-21-23-25-26-27-28-30-32-34-36-38-40-42-44-46-55(65)75-52(49-72-47-45-43-41-39-37-35-33-31-29-24-22-20-18-16-14-12-10-8-6-4-2)50-73-62-61(71)59(69)57(67)54(77-62)51-74-63-60(70)58(68)56(66)53(48-64)76-63/h6,8,12,14-15,17-18,20-21,23-24,29,33,35,39,41,52-54,56-64,66-71H,3-5,7,9-11,13,16,19,22,25-28,30-32,34,36-38,40,42-51H2,1-2H3/b8-6-,14-12-,17-15-,20-18-,23-21-,29-24-,35-33-,41-39-. The molecule has 0 aromatic carbocycles. The van der Waals surface area contributed by atoms with Gasteiger partial charge in [-0.2, -0.15) is 0 Å². The molecule has 2 saturated heterocycles. The number of esters is 1. The van der Waals surface area contributed by atoms with Gasteiger partial charge in [0.2, 0.25) is 0 Å². The van der Waals surface area contributed by atoms with E-state index in [9.17, 15) is 40.5 Å². The van der Waals surface area contributed by atoms with Crippen LogP contribution >= 0.6 is 0 Å². The molecule has 0 radical (unpaired) electrons. The molecule has 442 valence electrons. The average Bonchev–Trinajstić information content (AvgIpc) is 3.43. The normalized spacial score (nSPS) is 25.0. The van der Waals surface area contributed by atoms with E-state index in [-0.39, 0.29) is 19.6 Å². The van der Waals surface area contributed by atoms with Crippen LogP contribution in [0.2, 0.25) is 0 Å². The number of ether oxygens (including phenoxy) is 6. The lowest BCUT2D eigenvalue weighted by atomic mass is 9.98. The predicted octanol–water partition coefficient (Wildman–Crippen LogP) is 11.0. The highest BCUT2D eigenvalue weighted by Crippen LogP contribution is 2.26. The van der Waals surface area contributed by atoms with E-state index < -0.39 is 86.7 Å². The predicted molar refractivity (Wildman–Crippen MR) is 307 cm³/mol. The molecule has 11 atom stereocenters. The lowest BCUT2D eigenvalue weighted by Gasteiger charge is -2.42. The Hall–Kier alpha value is -3.09. The second-order valence-electron chi connectivity index (χ2n) is 20.4. The molecule has 2 aliphatic heterocycles. The molecular formula is C63H106O14. The van der Waals surface area contributed by atoms with Gasteiger partial charge < -0.3 is 64.2 Å². The maximum Gasteiger partial charge on any atom is 0.306 e. The molecule has 2 heterocycles. The number of aliphatic hydroxyl groups is 7. The fourth-order valence-corrected chi connectivity index (χ4v) is 8.80. The van der Waals surface area contributed by atoms with Crippen LogP contribution in [0.3, 0.4) is 0 Å². The number of hydrogen-bond acceptors (Lipinski definition) is 14. The molecule has 2 rings (SSSR count). The van der Waals surface area contributed by atoms with Crippen LogP contribution in [0.1, 0.15) is 194 Å². The Bertz CT molecular complexity index is 1640. The third-order valence-electron chi connectivity index (χ3n) is 13.6. The minimum atomic E-state index is -1.72. The summed E-state index contributed by atoms with van der Waals surface area (Å²) in [6.07, 6.45) is 49.0. The maximum absolute atomic E-state index is 13.1. The molecule has 0 aliphatic carbocycles. The van der Waals surface area contributed by atoms with Crippen molar-refractivity contribution in [3.05, 3.63) is 97.2 Å². The average molecular weight is 1090 g/mol. The Labute approximate surface area is 464 Å². The number of rotatable bonds is 47. The first-order chi connectivity index (χ1) is 37.6. The van der Waals surface area contributed by atoms with Crippen LogP contribution in [0.25, 0.3) is 0 Å². The van der Waals surface area contributed by atoms with Crippen LogP contribution < -0.4 is 0 Å². The van der Waals surface area contributed by atoms with Gasteiger partial charge in [0.05, 0.1) is 26.4 Å². The molecule has 2 fully saturated rings. The third kappa shape index (κ3) is 35.3. The van der Waals surface area contributed by atoms with Crippen molar-refractivity contribution in [1.29, 1.82) is 0 Å². The van der Waals surface area contributed by atoms with Gasteiger partial charge >= 0.3 is 5.97 Å². The summed E-state index contributed by atoms with van der Waals surface area (Å²) in [5.74, 6) is -0.401. The highest BCUT2D eigenvalue weighted by molar-refractivity contribution is 5.69. The molecule has 77 heavy (non-hydrogen) atoms. The van der Waals surface area contributed by atoms with Crippen LogP contribution in [-0.2, 0) is 33.2 Å². The van der Waals surface area contributed by atoms with Crippen molar-refractivity contribution >= 4 is 5.97 Å². The van der Waals surface area contributed by atoms with Crippen LogP contribution in [0, 0.1) is 0 Å². The zero-order chi connectivity index (χ0) is 55.8. The summed E-state index contributed by atoms with van der Waals surface area (Å²) in [7, 11) is 0. The molecular weight excluding hydrogens is 981 g/mol. The van der Waals surface area contributed by atoms with Crippen molar-refractivity contribution in [2.24, 2.45) is 0 Å². The van der Waals surface area contributed by atoms with Gasteiger partial charge in [0, 0.05) is 13.0 Å². The van der Waals surface area contributed by atoms with Gasteiger partial charge in [-0.3, -0.25) is 4.79 Å². The highest BCUT2D eigenvalue weighted by atomic mass is 16.7. The molecule has 0 aromatic heterocycles. The fraction of sp³-hybridized carbons (Fsp3) is 0.730. The van der Waals surface area contributed by atoms with E-state index in [4.69, 9.17) is 28.4 Å². The molecule has 11 unspecified atom stereocenters. The minimum Gasteiger partial charge on any atom is -0.457 e. The van der Waals surface area contributed by atoms with Crippen LogP contribution in [0.4, 0.5) is 0 Å². The summed E-state index contributed by atoms with van der Waals surface area (Å²) < 4.78 is 34.3. The van der Waals surface area contributed by atoms with E-state index in [1.807, 2.05) is 0 Å². The van der Waals surface area contributed by atoms with E-state index in [1.165, 1.54) is 89.9 Å². The van der Waals surface area contributed by atoms with Crippen molar-refractivity contribution in [1.82, 2.24) is 0 Å². The summed E-state index contributed by atoms with van der Waals surface area (Å²) >= 11 is 0. The molecule has 0 amide bonds. The fourth-order valence-electron chi connectivity index (χ4n) is 8.80. The molecule has 0 spiro atoms. The first kappa shape index (κ1) is 70.0. The van der Waals surface area contributed by atoms with Crippen LogP contribution in [0.5, 0.6) is 0 Å². The van der Waals surface area contributed by atoms with Gasteiger partial charge in [-0.15, -0.1) is 0 Å². The first-order valence-corrected chi connectivity index (χ1v) is 29.8. The highest BCUT2D eigenvalue weighted by Gasteiger charge is 2.47. The minimum absolute atomic E-state index is 0.0153. The van der Waals surface area contributed by atoms with Crippen molar-refractivity contribution in [2.45, 2.75) is 261 Å². The summed E-state index contributed by atoms with van der Waals surface area (Å²) in [5.41, 5.74) is 0. The number of carbonyl (C=O) groups excluding carboxylic acids is 1. The zero-order valence-corrected chi connectivity index (χ0v) is 47.4. The Morgan fingerprint density at radius 1 is 0.442 bits per heavy atom. The zero-order valence-electron chi connectivity index (χ0n) is 47.4. The lowest BCUT2D eigenvalue weighted by molar-refractivity contribution is -0.332. The van der Waals surface area contributed by atoms with Gasteiger partial charge in [-0.05, 0) is 89.9 Å². The molecule has 0 saturated carbocycles. The molecule has 2 aliphatic rings. The van der Waals surface area contributed by atoms with Gasteiger partial charge in [0.25, 0.3) is 0 Å². The first-order valence-electron chi connectivity index (χ1n) is 29.8. The SMILES string of the molecule is CC/C=C\C/C=C\C/C=C\C/C=C\C/C=C\C/C=C\CCCOCC(COC1OC(COC2OC(CO)C(O)C(O)C2O)C(O)C(O)C1O)OC(=O)CCCCCCCCCCCCC/C=C\C/C=C\CCCCCCC. The second kappa shape index (κ2) is 48.8. The third-order valence-corrected chi connectivity index (χ3v) is 13.6. The Balaban J connectivity index is 1.74. The Morgan fingerprint density at radius 3 is 1.32 bits per heavy atom. The number of unbranched alkanes of at least 4 members (excludes halogenated alkanes) is 17. The van der Waals surface area contributed by atoms with Gasteiger partial charge in [0.1, 0.15) is 54.9 Å². The topological polar surface area (TPSA) is 214 Å². The number of aliphatic hydroxyl groups excluding tert-OH is 7. The monoisotopic (exact) mass is 1090 g/mol. The second-order valence-corrected chi connectivity index (χ2v) is 20.4. The lowest BCUT2D eigenvalue weighted by Crippen LogP contribution is -2.61. The smallest absolute Gasteiger partial charge is 0.306 e. The molecule has 14 heteroatoms. The van der Waals surface area contributed by atoms with Crippen LogP contribution in [-0.4, -0.2) is 142 Å². The van der Waals surface area contributed by atoms with E-state index in [2.05, 4.69) is 111 Å². The molecule has 14 nitrogen and oxygen atoms in total. The quantitative estimate of drug-likeness (QED) is 0.0172. The summed E-state index contributed by atoms with van der Waals surface area (Å²) in [5, 5.41) is 72.4. The molecule has 0 bridgehead atoms. The van der Waals surface area contributed by atoms with Gasteiger partial charge in [-0.25, -0.2) is 0 Å². The van der Waals surface area contributed by atoms with E-state index in [0.717, 1.165) is 77.0 Å². The number of allylic oxidation sites excluding steroid dienone is 16. The molecule has 7 N–H and O–H groups in total. The number of carbonyl (C=O) groups is 1. The van der Waals surface area contributed by atoms with E-state index in [0.29, 0.717) is 13.0 Å². The molecule has 0 aromatic rings. The van der Waals surface area contributed by atoms with Gasteiger partial charge in [0.15, 0.2) is 12.6 Å². The van der Waals surface area contributed by atoms with E-state index >= 15 is 0 Å². The maximum atomic E-state index is 13.1. The van der Waals surface area contributed by atoms with Crippen molar-refractivity contribution in [3.8, 4) is 0 Å². The summed E-state index contributed by atoms with van der Waals surface area (Å²) in [6.45, 7) is 3.40. The Morgan fingerprint density at radius 2 is 0.844 bits per heavy atom. The summed E-state index contributed by atoms with van der Waals surface area (Å²) in [4.78, 5) is 13.1. The summed E-state index contributed by atoms with van der Waals surface area (Å²) in [6, 6.07) is 0. The van der Waals surface area contributed by atoms with Crippen LogP contribution in [0.15, 0.2) is 97.2 Å². The van der Waals surface area contributed by atoms with Crippen molar-refractivity contribution < 1.29 is 69.0 Å².